The molecule has 1 heterocycles. The lowest BCUT2D eigenvalue weighted by atomic mass is 9.95. The molecular weight excluding hydrogens is 232 g/mol. The third-order valence-electron chi connectivity index (χ3n) is 4.62. The van der Waals surface area contributed by atoms with Crippen molar-refractivity contribution < 1.29 is 0 Å². The second kappa shape index (κ2) is 10.7. The Morgan fingerprint density at radius 3 is 2.00 bits per heavy atom. The van der Waals surface area contributed by atoms with E-state index in [9.17, 15) is 0 Å². The van der Waals surface area contributed by atoms with Crippen molar-refractivity contribution in [1.29, 1.82) is 0 Å². The van der Waals surface area contributed by atoms with E-state index in [2.05, 4.69) is 31.1 Å². The molecule has 0 radical (unpaired) electrons. The molecule has 1 saturated heterocycles. The summed E-state index contributed by atoms with van der Waals surface area (Å²) in [4.78, 5) is 2.72. The summed E-state index contributed by atoms with van der Waals surface area (Å²) < 4.78 is 0. The van der Waals surface area contributed by atoms with Crippen LogP contribution in [-0.2, 0) is 0 Å². The molecule has 19 heavy (non-hydrogen) atoms. The molecule has 2 heteroatoms. The fourth-order valence-corrected chi connectivity index (χ4v) is 3.12. The Balaban J connectivity index is 2.17. The predicted molar refractivity (Wildman–Crippen MR) is 85.7 cm³/mol. The Morgan fingerprint density at radius 1 is 0.895 bits per heavy atom. The van der Waals surface area contributed by atoms with Gasteiger partial charge in [0.1, 0.15) is 0 Å². The molecule has 114 valence electrons. The van der Waals surface area contributed by atoms with Crippen molar-refractivity contribution in [2.75, 3.05) is 20.1 Å². The molecule has 0 aromatic rings. The number of likely N-dealkylation sites (N-methyl/N-ethyl adjacent to an activating group) is 1. The van der Waals surface area contributed by atoms with Crippen LogP contribution in [-0.4, -0.2) is 37.1 Å². The van der Waals surface area contributed by atoms with Crippen LogP contribution >= 0.6 is 0 Å². The largest absolute Gasteiger partial charge is 0.315 e. The van der Waals surface area contributed by atoms with E-state index in [0.29, 0.717) is 0 Å². The highest BCUT2D eigenvalue weighted by molar-refractivity contribution is 4.89. The minimum atomic E-state index is 0.758. The summed E-state index contributed by atoms with van der Waals surface area (Å²) in [5.41, 5.74) is 0. The lowest BCUT2D eigenvalue weighted by molar-refractivity contribution is 0.0672. The average molecular weight is 268 g/mol. The van der Waals surface area contributed by atoms with Gasteiger partial charge < -0.3 is 5.32 Å². The van der Waals surface area contributed by atoms with Crippen molar-refractivity contribution in [1.82, 2.24) is 10.2 Å². The number of unbranched alkanes of at least 4 members (excludes halogenated alkanes) is 6. The molecule has 1 unspecified atom stereocenters. The van der Waals surface area contributed by atoms with Crippen molar-refractivity contribution in [2.45, 2.75) is 90.1 Å². The summed E-state index contributed by atoms with van der Waals surface area (Å²) in [6.07, 6.45) is 14.2. The molecule has 0 saturated carbocycles. The fourth-order valence-electron chi connectivity index (χ4n) is 3.12. The molecule has 0 amide bonds. The van der Waals surface area contributed by atoms with Crippen LogP contribution in [0.4, 0.5) is 0 Å². The van der Waals surface area contributed by atoms with Crippen LogP contribution in [0.5, 0.6) is 0 Å². The van der Waals surface area contributed by atoms with E-state index in [1.807, 2.05) is 0 Å². The van der Waals surface area contributed by atoms with Gasteiger partial charge in [-0.15, -0.1) is 0 Å². The molecule has 0 spiro atoms. The average Bonchev–Trinajstić information content (AvgIpc) is 2.36. The van der Waals surface area contributed by atoms with Crippen LogP contribution in [0.25, 0.3) is 0 Å². The number of nitrogens with one attached hydrogen (secondary N) is 1. The predicted octanol–water partition coefficient (Wildman–Crippen LogP) is 4.20. The first-order chi connectivity index (χ1) is 9.31. The Hall–Kier alpha value is -0.0800. The molecule has 1 atom stereocenters. The van der Waals surface area contributed by atoms with Crippen LogP contribution in [0.15, 0.2) is 0 Å². The van der Waals surface area contributed by atoms with Gasteiger partial charge in [0.2, 0.25) is 0 Å². The van der Waals surface area contributed by atoms with Gasteiger partial charge in [-0.1, -0.05) is 65.2 Å². The Labute approximate surface area is 121 Å². The molecule has 0 aromatic heterocycles. The maximum Gasteiger partial charge on any atom is 0.0320 e. The zero-order valence-corrected chi connectivity index (χ0v) is 13.6. The van der Waals surface area contributed by atoms with Gasteiger partial charge in [0.15, 0.2) is 0 Å². The molecule has 0 bridgehead atoms. The zero-order valence-electron chi connectivity index (χ0n) is 13.6. The van der Waals surface area contributed by atoms with E-state index in [-0.39, 0.29) is 0 Å². The second-order valence-electron chi connectivity index (χ2n) is 6.29. The SMILES string of the molecule is CCCCCCCC(CCCCC)N1CC(NC)C1. The molecule has 1 N–H and O–H groups in total. The lowest BCUT2D eigenvalue weighted by Crippen LogP contribution is -2.60. The van der Waals surface area contributed by atoms with Gasteiger partial charge in [0, 0.05) is 25.2 Å². The molecule has 0 aliphatic carbocycles. The van der Waals surface area contributed by atoms with Crippen LogP contribution < -0.4 is 5.32 Å². The number of likely N-dealkylation sites (tertiary alicyclic amines) is 1. The van der Waals surface area contributed by atoms with E-state index in [1.54, 1.807) is 0 Å². The van der Waals surface area contributed by atoms with Gasteiger partial charge in [-0.2, -0.15) is 0 Å². The smallest absolute Gasteiger partial charge is 0.0320 e. The molecular formula is C17H36N2. The van der Waals surface area contributed by atoms with E-state index in [0.717, 1.165) is 12.1 Å². The second-order valence-corrected chi connectivity index (χ2v) is 6.29. The van der Waals surface area contributed by atoms with Crippen molar-refractivity contribution in [3.05, 3.63) is 0 Å². The topological polar surface area (TPSA) is 15.3 Å². The van der Waals surface area contributed by atoms with Gasteiger partial charge >= 0.3 is 0 Å². The molecule has 1 fully saturated rings. The normalized spacial score (nSPS) is 18.5. The monoisotopic (exact) mass is 268 g/mol. The summed E-state index contributed by atoms with van der Waals surface area (Å²) in [5, 5.41) is 3.40. The summed E-state index contributed by atoms with van der Waals surface area (Å²) in [6.45, 7) is 7.16. The first-order valence-corrected chi connectivity index (χ1v) is 8.73. The molecule has 1 aliphatic heterocycles. The third-order valence-corrected chi connectivity index (χ3v) is 4.62. The van der Waals surface area contributed by atoms with Crippen molar-refractivity contribution in [2.24, 2.45) is 0 Å². The molecule has 0 aromatic carbocycles. The fraction of sp³-hybridized carbons (Fsp3) is 1.00. The lowest BCUT2D eigenvalue weighted by Gasteiger charge is -2.44. The minimum Gasteiger partial charge on any atom is -0.315 e. The first-order valence-electron chi connectivity index (χ1n) is 8.73. The van der Waals surface area contributed by atoms with Crippen LogP contribution in [0.1, 0.15) is 78.1 Å². The van der Waals surface area contributed by atoms with E-state index >= 15 is 0 Å². The first kappa shape index (κ1) is 17.0. The van der Waals surface area contributed by atoms with Gasteiger partial charge in [-0.05, 0) is 19.9 Å². The molecule has 1 rings (SSSR count). The number of hydrogen-bond donors (Lipinski definition) is 1. The quantitative estimate of drug-likeness (QED) is 0.534. The maximum atomic E-state index is 3.40. The molecule has 1 aliphatic rings. The van der Waals surface area contributed by atoms with Crippen LogP contribution in [0.3, 0.4) is 0 Å². The summed E-state index contributed by atoms with van der Waals surface area (Å²) in [5.74, 6) is 0. The van der Waals surface area contributed by atoms with Gasteiger partial charge in [-0.25, -0.2) is 0 Å². The van der Waals surface area contributed by atoms with Crippen molar-refractivity contribution >= 4 is 0 Å². The summed E-state index contributed by atoms with van der Waals surface area (Å²) >= 11 is 0. The highest BCUT2D eigenvalue weighted by Crippen LogP contribution is 2.22. The Morgan fingerprint density at radius 2 is 1.42 bits per heavy atom. The van der Waals surface area contributed by atoms with Gasteiger partial charge in [0.25, 0.3) is 0 Å². The van der Waals surface area contributed by atoms with E-state index in [1.165, 1.54) is 77.3 Å². The van der Waals surface area contributed by atoms with E-state index < -0.39 is 0 Å². The maximum absolute atomic E-state index is 3.40. The Bertz CT molecular complexity index is 199. The van der Waals surface area contributed by atoms with Crippen LogP contribution in [0, 0.1) is 0 Å². The highest BCUT2D eigenvalue weighted by atomic mass is 15.3. The number of rotatable bonds is 12. The molecule has 2 nitrogen and oxygen atoms in total. The summed E-state index contributed by atoms with van der Waals surface area (Å²) in [7, 11) is 2.10. The summed E-state index contributed by atoms with van der Waals surface area (Å²) in [6, 6.07) is 1.63. The van der Waals surface area contributed by atoms with Crippen molar-refractivity contribution in [3.8, 4) is 0 Å². The third kappa shape index (κ3) is 6.76. The zero-order chi connectivity index (χ0) is 13.9. The minimum absolute atomic E-state index is 0.758. The van der Waals surface area contributed by atoms with E-state index in [4.69, 9.17) is 0 Å². The highest BCUT2D eigenvalue weighted by Gasteiger charge is 2.30. The Kier molecular flexibility index (Phi) is 9.54. The van der Waals surface area contributed by atoms with Crippen molar-refractivity contribution in [3.63, 3.8) is 0 Å². The van der Waals surface area contributed by atoms with Crippen LogP contribution in [0.2, 0.25) is 0 Å². The number of hydrogen-bond acceptors (Lipinski definition) is 2. The van der Waals surface area contributed by atoms with Gasteiger partial charge in [0.05, 0.1) is 0 Å². The standard InChI is InChI=1S/C17H36N2/c1-4-6-8-9-11-13-17(12-10-7-5-2)19-14-16(15-19)18-3/h16-18H,4-15H2,1-3H3. The number of nitrogens with zero attached hydrogens (tertiary/aromatic N) is 1. The van der Waals surface area contributed by atoms with Gasteiger partial charge in [-0.3, -0.25) is 4.90 Å².